The molecular weight excluding hydrogens is 300 g/mol. The second-order valence-electron chi connectivity index (χ2n) is 5.70. The van der Waals surface area contributed by atoms with Crippen molar-refractivity contribution in [3.8, 4) is 5.69 Å². The third-order valence-electron chi connectivity index (χ3n) is 3.87. The standard InChI is InChI=1S/C20H18N2O2/c1-14-5-6-15(2)19(12-14)21-13-18-4-3-11-22(18)17-9-7-16(8-10-17)20(23)24/h3-13H,1-2H3,(H,23,24). The van der Waals surface area contributed by atoms with Gasteiger partial charge in [-0.05, 0) is 67.4 Å². The number of carboxylic acid groups (broad SMARTS) is 1. The fourth-order valence-electron chi connectivity index (χ4n) is 2.49. The third-order valence-corrected chi connectivity index (χ3v) is 3.87. The molecule has 0 aliphatic rings. The Morgan fingerprint density at radius 3 is 2.54 bits per heavy atom. The van der Waals surface area contributed by atoms with Crippen LogP contribution in [-0.4, -0.2) is 21.9 Å². The highest BCUT2D eigenvalue weighted by Crippen LogP contribution is 2.20. The van der Waals surface area contributed by atoms with Crippen molar-refractivity contribution in [1.29, 1.82) is 0 Å². The van der Waals surface area contributed by atoms with Gasteiger partial charge in [-0.2, -0.15) is 0 Å². The van der Waals surface area contributed by atoms with Crippen molar-refractivity contribution in [2.75, 3.05) is 0 Å². The summed E-state index contributed by atoms with van der Waals surface area (Å²) in [6.07, 6.45) is 3.76. The highest BCUT2D eigenvalue weighted by Gasteiger charge is 2.05. The van der Waals surface area contributed by atoms with E-state index >= 15 is 0 Å². The molecule has 24 heavy (non-hydrogen) atoms. The number of hydrogen-bond donors (Lipinski definition) is 1. The maximum Gasteiger partial charge on any atom is 0.335 e. The highest BCUT2D eigenvalue weighted by atomic mass is 16.4. The molecule has 120 valence electrons. The van der Waals surface area contributed by atoms with E-state index in [1.165, 1.54) is 5.56 Å². The molecule has 0 aliphatic carbocycles. The van der Waals surface area contributed by atoms with Crippen LogP contribution in [0.25, 0.3) is 5.69 Å². The molecule has 0 fully saturated rings. The lowest BCUT2D eigenvalue weighted by Crippen LogP contribution is -2.00. The fourth-order valence-corrected chi connectivity index (χ4v) is 2.49. The van der Waals surface area contributed by atoms with Gasteiger partial charge >= 0.3 is 5.97 Å². The number of rotatable bonds is 4. The van der Waals surface area contributed by atoms with Crippen molar-refractivity contribution >= 4 is 17.9 Å². The lowest BCUT2D eigenvalue weighted by molar-refractivity contribution is 0.0697. The molecule has 0 saturated carbocycles. The molecule has 0 spiro atoms. The maximum atomic E-state index is 11.0. The zero-order chi connectivity index (χ0) is 17.1. The molecule has 0 atom stereocenters. The number of aromatic carboxylic acids is 1. The average Bonchev–Trinajstić information content (AvgIpc) is 3.04. The van der Waals surface area contributed by atoms with E-state index in [4.69, 9.17) is 5.11 Å². The Morgan fingerprint density at radius 2 is 1.83 bits per heavy atom. The average molecular weight is 318 g/mol. The van der Waals surface area contributed by atoms with Crippen molar-refractivity contribution < 1.29 is 9.90 Å². The van der Waals surface area contributed by atoms with E-state index in [1.54, 1.807) is 24.3 Å². The molecule has 2 aromatic carbocycles. The summed E-state index contributed by atoms with van der Waals surface area (Å²) in [6, 6.07) is 16.9. The molecule has 0 unspecified atom stereocenters. The van der Waals surface area contributed by atoms with Gasteiger partial charge in [0.15, 0.2) is 0 Å². The van der Waals surface area contributed by atoms with E-state index in [2.05, 4.69) is 23.2 Å². The first kappa shape index (κ1) is 15.7. The third kappa shape index (κ3) is 3.27. The summed E-state index contributed by atoms with van der Waals surface area (Å²) in [5.41, 5.74) is 5.35. The van der Waals surface area contributed by atoms with Crippen molar-refractivity contribution in [3.05, 3.63) is 83.2 Å². The molecule has 0 aliphatic heterocycles. The van der Waals surface area contributed by atoms with Crippen LogP contribution < -0.4 is 0 Å². The van der Waals surface area contributed by atoms with Crippen LogP contribution in [0.4, 0.5) is 5.69 Å². The Hall–Kier alpha value is -3.14. The van der Waals surface area contributed by atoms with Gasteiger partial charge in [-0.1, -0.05) is 12.1 Å². The molecule has 4 heteroatoms. The number of hydrogen-bond acceptors (Lipinski definition) is 2. The normalized spacial score (nSPS) is 11.1. The van der Waals surface area contributed by atoms with Gasteiger partial charge < -0.3 is 9.67 Å². The molecule has 1 heterocycles. The van der Waals surface area contributed by atoms with Crippen LogP contribution in [-0.2, 0) is 0 Å². The highest BCUT2D eigenvalue weighted by molar-refractivity contribution is 5.88. The lowest BCUT2D eigenvalue weighted by atomic mass is 10.1. The summed E-state index contributed by atoms with van der Waals surface area (Å²) >= 11 is 0. The zero-order valence-electron chi connectivity index (χ0n) is 13.6. The fraction of sp³-hybridized carbons (Fsp3) is 0.100. The number of aliphatic imine (C=N–C) groups is 1. The van der Waals surface area contributed by atoms with E-state index < -0.39 is 5.97 Å². The summed E-state index contributed by atoms with van der Waals surface area (Å²) in [4.78, 5) is 15.6. The van der Waals surface area contributed by atoms with Crippen LogP contribution in [0.2, 0.25) is 0 Å². The van der Waals surface area contributed by atoms with Gasteiger partial charge in [0, 0.05) is 11.9 Å². The Balaban J connectivity index is 1.91. The molecule has 1 aromatic heterocycles. The first-order valence-electron chi connectivity index (χ1n) is 7.67. The largest absolute Gasteiger partial charge is 0.478 e. The summed E-state index contributed by atoms with van der Waals surface area (Å²) < 4.78 is 1.97. The van der Waals surface area contributed by atoms with E-state index in [9.17, 15) is 4.79 Å². The minimum Gasteiger partial charge on any atom is -0.478 e. The molecule has 0 radical (unpaired) electrons. The number of carboxylic acids is 1. The molecular formula is C20H18N2O2. The number of aromatic nitrogens is 1. The smallest absolute Gasteiger partial charge is 0.335 e. The summed E-state index contributed by atoms with van der Waals surface area (Å²) in [7, 11) is 0. The first-order chi connectivity index (χ1) is 11.5. The molecule has 3 aromatic rings. The second kappa shape index (κ2) is 6.54. The zero-order valence-corrected chi connectivity index (χ0v) is 13.6. The Kier molecular flexibility index (Phi) is 4.29. The van der Waals surface area contributed by atoms with Gasteiger partial charge in [0.05, 0.1) is 23.2 Å². The van der Waals surface area contributed by atoms with Crippen molar-refractivity contribution in [2.24, 2.45) is 4.99 Å². The molecule has 0 bridgehead atoms. The van der Waals surface area contributed by atoms with Gasteiger partial charge in [-0.3, -0.25) is 4.99 Å². The van der Waals surface area contributed by atoms with Crippen LogP contribution in [0, 0.1) is 13.8 Å². The quantitative estimate of drug-likeness (QED) is 0.718. The van der Waals surface area contributed by atoms with Crippen LogP contribution in [0.1, 0.15) is 27.2 Å². The summed E-state index contributed by atoms with van der Waals surface area (Å²) in [5.74, 6) is -0.925. The van der Waals surface area contributed by atoms with E-state index in [1.807, 2.05) is 43.0 Å². The summed E-state index contributed by atoms with van der Waals surface area (Å²) in [6.45, 7) is 4.08. The van der Waals surface area contributed by atoms with Crippen LogP contribution in [0.5, 0.6) is 0 Å². The van der Waals surface area contributed by atoms with Gasteiger partial charge in [0.2, 0.25) is 0 Å². The van der Waals surface area contributed by atoms with Crippen molar-refractivity contribution in [2.45, 2.75) is 13.8 Å². The van der Waals surface area contributed by atoms with E-state index in [0.29, 0.717) is 0 Å². The number of carbonyl (C=O) groups is 1. The van der Waals surface area contributed by atoms with E-state index in [-0.39, 0.29) is 5.56 Å². The molecule has 3 rings (SSSR count). The van der Waals surface area contributed by atoms with E-state index in [0.717, 1.165) is 22.6 Å². The van der Waals surface area contributed by atoms with Crippen molar-refractivity contribution in [3.63, 3.8) is 0 Å². The Labute approximate surface area is 140 Å². The number of aryl methyl sites for hydroxylation is 2. The van der Waals surface area contributed by atoms with Gasteiger partial charge in [-0.25, -0.2) is 4.79 Å². The van der Waals surface area contributed by atoms with Crippen LogP contribution in [0.15, 0.2) is 65.8 Å². The molecule has 0 amide bonds. The minimum absolute atomic E-state index is 0.275. The SMILES string of the molecule is Cc1ccc(C)c(N=Cc2cccn2-c2ccc(C(=O)O)cc2)c1. The Bertz CT molecular complexity index is 906. The number of benzene rings is 2. The van der Waals surface area contributed by atoms with Crippen LogP contribution in [0.3, 0.4) is 0 Å². The lowest BCUT2D eigenvalue weighted by Gasteiger charge is -2.07. The van der Waals surface area contributed by atoms with Gasteiger partial charge in [0.25, 0.3) is 0 Å². The van der Waals surface area contributed by atoms with Crippen LogP contribution >= 0.6 is 0 Å². The predicted molar refractivity (Wildman–Crippen MR) is 95.9 cm³/mol. The maximum absolute atomic E-state index is 11.0. The number of nitrogens with zero attached hydrogens (tertiary/aromatic N) is 2. The molecule has 0 saturated heterocycles. The van der Waals surface area contributed by atoms with Gasteiger partial charge in [0.1, 0.15) is 0 Å². The molecule has 4 nitrogen and oxygen atoms in total. The molecule has 1 N–H and O–H groups in total. The first-order valence-corrected chi connectivity index (χ1v) is 7.67. The monoisotopic (exact) mass is 318 g/mol. The van der Waals surface area contributed by atoms with Crippen molar-refractivity contribution in [1.82, 2.24) is 4.57 Å². The van der Waals surface area contributed by atoms with Gasteiger partial charge in [-0.15, -0.1) is 0 Å². The topological polar surface area (TPSA) is 54.6 Å². The predicted octanol–water partition coefficient (Wildman–Crippen LogP) is 4.54. The Morgan fingerprint density at radius 1 is 1.08 bits per heavy atom. The summed E-state index contributed by atoms with van der Waals surface area (Å²) in [5, 5.41) is 8.99. The minimum atomic E-state index is -0.925. The second-order valence-corrected chi connectivity index (χ2v) is 5.70.